The Bertz CT molecular complexity index is 610. The van der Waals surface area contributed by atoms with Crippen molar-refractivity contribution in [2.45, 2.75) is 39.7 Å². The number of rotatable bonds is 6. The van der Waals surface area contributed by atoms with Crippen LogP contribution in [0.5, 0.6) is 0 Å². The van der Waals surface area contributed by atoms with E-state index in [2.05, 4.69) is 28.5 Å². The highest BCUT2D eigenvalue weighted by Crippen LogP contribution is 2.22. The maximum atomic E-state index is 5.51. The van der Waals surface area contributed by atoms with Gasteiger partial charge in [-0.1, -0.05) is 13.3 Å². The molecular weight excluding hydrogens is 260 g/mol. The van der Waals surface area contributed by atoms with Crippen LogP contribution in [0.25, 0.3) is 11.2 Å². The Morgan fingerprint density at radius 1 is 1.42 bits per heavy atom. The van der Waals surface area contributed by atoms with E-state index in [4.69, 9.17) is 17.0 Å². The van der Waals surface area contributed by atoms with Crippen LogP contribution in [0, 0.1) is 4.77 Å². The number of fused-ring (bicyclic) bond motifs is 1. The summed E-state index contributed by atoms with van der Waals surface area (Å²) in [7, 11) is 1.97. The van der Waals surface area contributed by atoms with E-state index in [0.717, 1.165) is 41.1 Å². The molecule has 19 heavy (non-hydrogen) atoms. The fourth-order valence-electron chi connectivity index (χ4n) is 2.42. The van der Waals surface area contributed by atoms with Crippen molar-refractivity contribution in [3.8, 4) is 0 Å². The minimum absolute atomic E-state index is 0.200. The van der Waals surface area contributed by atoms with Crippen molar-refractivity contribution in [1.82, 2.24) is 19.3 Å². The van der Waals surface area contributed by atoms with Gasteiger partial charge in [-0.05, 0) is 32.5 Å². The Labute approximate surface area is 118 Å². The van der Waals surface area contributed by atoms with Gasteiger partial charge in [0.25, 0.3) is 0 Å². The van der Waals surface area contributed by atoms with Crippen molar-refractivity contribution < 1.29 is 4.74 Å². The minimum Gasteiger partial charge on any atom is -0.380 e. The van der Waals surface area contributed by atoms with Gasteiger partial charge < -0.3 is 9.72 Å². The molecule has 0 fully saturated rings. The first-order chi connectivity index (χ1) is 9.10. The molecule has 1 atom stereocenters. The molecule has 0 spiro atoms. The highest BCUT2D eigenvalue weighted by molar-refractivity contribution is 7.71. The molecule has 1 unspecified atom stereocenters. The lowest BCUT2D eigenvalue weighted by molar-refractivity contribution is 0.119. The van der Waals surface area contributed by atoms with Gasteiger partial charge in [0, 0.05) is 13.7 Å². The summed E-state index contributed by atoms with van der Waals surface area (Å²) in [6, 6.07) is 0.200. The van der Waals surface area contributed by atoms with E-state index >= 15 is 0 Å². The third-order valence-corrected chi connectivity index (χ3v) is 3.56. The van der Waals surface area contributed by atoms with E-state index in [1.54, 1.807) is 0 Å². The summed E-state index contributed by atoms with van der Waals surface area (Å²) in [6.45, 7) is 7.65. The van der Waals surface area contributed by atoms with Gasteiger partial charge in [-0.2, -0.15) is 5.10 Å². The fourth-order valence-corrected chi connectivity index (χ4v) is 2.79. The lowest BCUT2D eigenvalue weighted by Gasteiger charge is -2.14. The van der Waals surface area contributed by atoms with Crippen LogP contribution in [0.1, 0.15) is 38.9 Å². The third-order valence-electron chi connectivity index (χ3n) is 3.26. The summed E-state index contributed by atoms with van der Waals surface area (Å²) >= 11 is 5.45. The SMILES string of the molecule is CCCc1nn(C)c2c1[nH]c(=S)n2C(C)COCC. The smallest absolute Gasteiger partial charge is 0.179 e. The summed E-state index contributed by atoms with van der Waals surface area (Å²) in [5.74, 6) is 0. The van der Waals surface area contributed by atoms with Crippen molar-refractivity contribution in [3.05, 3.63) is 10.5 Å². The maximum Gasteiger partial charge on any atom is 0.179 e. The molecule has 2 rings (SSSR count). The number of hydrogen-bond donors (Lipinski definition) is 1. The number of aromatic nitrogens is 4. The molecule has 106 valence electrons. The molecule has 2 aromatic rings. The number of aryl methyl sites for hydroxylation is 2. The molecule has 0 aromatic carbocycles. The van der Waals surface area contributed by atoms with E-state index in [9.17, 15) is 0 Å². The van der Waals surface area contributed by atoms with Crippen LogP contribution in [-0.4, -0.2) is 32.5 Å². The van der Waals surface area contributed by atoms with Crippen LogP contribution in [0.2, 0.25) is 0 Å². The van der Waals surface area contributed by atoms with Gasteiger partial charge in [-0.3, -0.25) is 9.25 Å². The Hall–Kier alpha value is -1.14. The molecule has 2 aromatic heterocycles. The average Bonchev–Trinajstić information content (AvgIpc) is 2.85. The Kier molecular flexibility index (Phi) is 4.42. The summed E-state index contributed by atoms with van der Waals surface area (Å²) in [6.07, 6.45) is 2.04. The van der Waals surface area contributed by atoms with Crippen LogP contribution in [0.3, 0.4) is 0 Å². The van der Waals surface area contributed by atoms with Gasteiger partial charge in [0.15, 0.2) is 10.4 Å². The van der Waals surface area contributed by atoms with Gasteiger partial charge in [0.1, 0.15) is 5.52 Å². The third kappa shape index (κ3) is 2.60. The predicted octanol–water partition coefficient (Wildman–Crippen LogP) is 2.98. The monoisotopic (exact) mass is 282 g/mol. The first-order valence-corrected chi connectivity index (χ1v) is 7.24. The van der Waals surface area contributed by atoms with E-state index in [1.165, 1.54) is 0 Å². The van der Waals surface area contributed by atoms with E-state index in [0.29, 0.717) is 6.61 Å². The van der Waals surface area contributed by atoms with Crippen LogP contribution in [-0.2, 0) is 18.2 Å². The number of H-pyrrole nitrogens is 1. The number of aromatic amines is 1. The second-order valence-electron chi connectivity index (χ2n) is 4.83. The summed E-state index contributed by atoms with van der Waals surface area (Å²) < 4.78 is 10.3. The summed E-state index contributed by atoms with van der Waals surface area (Å²) in [5, 5.41) is 4.58. The van der Waals surface area contributed by atoms with Crippen molar-refractivity contribution >= 4 is 23.4 Å². The zero-order valence-corrected chi connectivity index (χ0v) is 12.9. The number of hydrogen-bond acceptors (Lipinski definition) is 3. The van der Waals surface area contributed by atoms with Crippen molar-refractivity contribution in [2.24, 2.45) is 7.05 Å². The second-order valence-corrected chi connectivity index (χ2v) is 5.21. The van der Waals surface area contributed by atoms with Crippen LogP contribution >= 0.6 is 12.2 Å². The Balaban J connectivity index is 2.49. The largest absolute Gasteiger partial charge is 0.380 e. The fraction of sp³-hybridized carbons (Fsp3) is 0.692. The van der Waals surface area contributed by atoms with E-state index < -0.39 is 0 Å². The van der Waals surface area contributed by atoms with Gasteiger partial charge in [0.05, 0.1) is 18.3 Å². The zero-order valence-electron chi connectivity index (χ0n) is 12.1. The first-order valence-electron chi connectivity index (χ1n) is 6.83. The molecule has 6 heteroatoms. The molecule has 0 bridgehead atoms. The van der Waals surface area contributed by atoms with Crippen molar-refractivity contribution in [2.75, 3.05) is 13.2 Å². The highest BCUT2D eigenvalue weighted by atomic mass is 32.1. The lowest BCUT2D eigenvalue weighted by Crippen LogP contribution is -2.14. The molecule has 0 saturated carbocycles. The number of ether oxygens (including phenoxy) is 1. The maximum absolute atomic E-state index is 5.51. The molecule has 1 N–H and O–H groups in total. The molecule has 0 saturated heterocycles. The molecule has 0 aliphatic carbocycles. The topological polar surface area (TPSA) is 47.8 Å². The van der Waals surface area contributed by atoms with Crippen LogP contribution < -0.4 is 0 Å². The van der Waals surface area contributed by atoms with Gasteiger partial charge in [-0.15, -0.1) is 0 Å². The molecule has 2 heterocycles. The lowest BCUT2D eigenvalue weighted by atomic mass is 10.2. The molecular formula is C13H22N4OS. The average molecular weight is 282 g/mol. The van der Waals surface area contributed by atoms with Crippen molar-refractivity contribution in [3.63, 3.8) is 0 Å². The number of nitrogens with one attached hydrogen (secondary N) is 1. The Morgan fingerprint density at radius 2 is 2.16 bits per heavy atom. The number of nitrogens with zero attached hydrogens (tertiary/aromatic N) is 3. The Morgan fingerprint density at radius 3 is 2.79 bits per heavy atom. The van der Waals surface area contributed by atoms with Gasteiger partial charge >= 0.3 is 0 Å². The molecule has 0 aliphatic heterocycles. The van der Waals surface area contributed by atoms with Gasteiger partial charge in [-0.25, -0.2) is 0 Å². The summed E-state index contributed by atoms with van der Waals surface area (Å²) in [4.78, 5) is 3.30. The first kappa shape index (κ1) is 14.3. The quantitative estimate of drug-likeness (QED) is 0.829. The van der Waals surface area contributed by atoms with E-state index in [-0.39, 0.29) is 6.04 Å². The van der Waals surface area contributed by atoms with Crippen LogP contribution in [0.4, 0.5) is 0 Å². The molecule has 5 nitrogen and oxygen atoms in total. The molecule has 0 amide bonds. The number of imidazole rings is 1. The summed E-state index contributed by atoms with van der Waals surface area (Å²) in [5.41, 5.74) is 3.21. The molecule has 0 radical (unpaired) electrons. The van der Waals surface area contributed by atoms with E-state index in [1.807, 2.05) is 18.7 Å². The van der Waals surface area contributed by atoms with Gasteiger partial charge in [0.2, 0.25) is 0 Å². The van der Waals surface area contributed by atoms with Crippen LogP contribution in [0.15, 0.2) is 0 Å². The zero-order chi connectivity index (χ0) is 14.0. The van der Waals surface area contributed by atoms with Crippen molar-refractivity contribution in [1.29, 1.82) is 0 Å². The second kappa shape index (κ2) is 5.88. The molecule has 0 aliphatic rings. The normalized spacial score (nSPS) is 13.3. The minimum atomic E-state index is 0.200. The highest BCUT2D eigenvalue weighted by Gasteiger charge is 2.18. The predicted molar refractivity (Wildman–Crippen MR) is 79.1 cm³/mol. The standard InChI is InChI=1S/C13H22N4OS/c1-5-7-10-11-12(16(4)15-10)17(13(19)14-11)9(3)8-18-6-2/h9H,5-8H2,1-4H3,(H,14,19).